The van der Waals surface area contributed by atoms with Gasteiger partial charge in [-0.2, -0.15) is 0 Å². The summed E-state index contributed by atoms with van der Waals surface area (Å²) in [5, 5.41) is 3.00. The lowest BCUT2D eigenvalue weighted by molar-refractivity contribution is -0.127. The summed E-state index contributed by atoms with van der Waals surface area (Å²) in [4.78, 5) is 12.3. The smallest absolute Gasteiger partial charge is 0.260 e. The summed E-state index contributed by atoms with van der Waals surface area (Å²) in [5.41, 5.74) is 5.25. The summed E-state index contributed by atoms with van der Waals surface area (Å²) in [5.74, 6) is 0.840. The molecule has 2 aromatic rings. The number of amides is 1. The summed E-state index contributed by atoms with van der Waals surface area (Å²) in [6.45, 7) is 4.60. The topological polar surface area (TPSA) is 38.3 Å². The van der Waals surface area contributed by atoms with Crippen LogP contribution in [0.3, 0.4) is 0 Å². The summed E-state index contributed by atoms with van der Waals surface area (Å²) in [6.07, 6.45) is 6.05. The molecule has 1 aliphatic rings. The number of hydrogen-bond acceptors (Lipinski definition) is 2. The van der Waals surface area contributed by atoms with E-state index in [1.165, 1.54) is 35.1 Å². The van der Waals surface area contributed by atoms with Crippen LogP contribution in [-0.2, 0) is 24.1 Å². The van der Waals surface area contributed by atoms with Gasteiger partial charge in [0.05, 0.1) is 0 Å². The second-order valence-electron chi connectivity index (χ2n) is 7.24. The van der Waals surface area contributed by atoms with Crippen LogP contribution in [0.1, 0.15) is 48.4 Å². The van der Waals surface area contributed by atoms with Crippen molar-refractivity contribution in [3.8, 4) is 5.75 Å². The van der Waals surface area contributed by atoms with Crippen molar-refractivity contribution in [2.75, 3.05) is 6.54 Å². The minimum atomic E-state index is -0.470. The fourth-order valence-corrected chi connectivity index (χ4v) is 3.50. The van der Waals surface area contributed by atoms with Gasteiger partial charge in [0.25, 0.3) is 5.91 Å². The van der Waals surface area contributed by atoms with Crippen LogP contribution in [0.25, 0.3) is 0 Å². The van der Waals surface area contributed by atoms with Gasteiger partial charge in [0, 0.05) is 6.54 Å². The maximum absolute atomic E-state index is 12.3. The lowest BCUT2D eigenvalue weighted by Crippen LogP contribution is -2.37. The van der Waals surface area contributed by atoms with Gasteiger partial charge in [-0.3, -0.25) is 4.79 Å². The molecule has 1 unspecified atom stereocenters. The van der Waals surface area contributed by atoms with Crippen molar-refractivity contribution in [1.29, 1.82) is 0 Å². The zero-order chi connectivity index (χ0) is 18.4. The average Bonchev–Trinajstić information content (AvgIpc) is 2.66. The number of carbonyl (C=O) groups excluding carboxylic acids is 1. The van der Waals surface area contributed by atoms with Gasteiger partial charge in [-0.1, -0.05) is 42.0 Å². The van der Waals surface area contributed by atoms with E-state index in [-0.39, 0.29) is 5.91 Å². The predicted octanol–water partition coefficient (Wildman–Crippen LogP) is 4.39. The number of ether oxygens (including phenoxy) is 1. The van der Waals surface area contributed by atoms with Crippen molar-refractivity contribution >= 4 is 5.91 Å². The van der Waals surface area contributed by atoms with Crippen molar-refractivity contribution in [2.24, 2.45) is 0 Å². The van der Waals surface area contributed by atoms with Crippen LogP contribution in [-0.4, -0.2) is 18.6 Å². The first-order valence-electron chi connectivity index (χ1n) is 9.74. The van der Waals surface area contributed by atoms with Crippen molar-refractivity contribution in [2.45, 2.75) is 58.5 Å². The van der Waals surface area contributed by atoms with Gasteiger partial charge < -0.3 is 10.1 Å². The van der Waals surface area contributed by atoms with E-state index in [2.05, 4.69) is 42.6 Å². The Bertz CT molecular complexity index is 736. The molecular formula is C23H29NO2. The average molecular weight is 351 g/mol. The summed E-state index contributed by atoms with van der Waals surface area (Å²) in [7, 11) is 0. The number of fused-ring (bicyclic) bond motifs is 1. The molecule has 0 heterocycles. The molecule has 3 nitrogen and oxygen atoms in total. The van der Waals surface area contributed by atoms with Gasteiger partial charge >= 0.3 is 0 Å². The molecule has 2 aromatic carbocycles. The Hall–Kier alpha value is -2.29. The van der Waals surface area contributed by atoms with Gasteiger partial charge in [-0.05, 0) is 75.1 Å². The van der Waals surface area contributed by atoms with Crippen LogP contribution < -0.4 is 10.1 Å². The highest BCUT2D eigenvalue weighted by atomic mass is 16.5. The van der Waals surface area contributed by atoms with E-state index in [0.29, 0.717) is 6.54 Å². The van der Waals surface area contributed by atoms with Crippen molar-refractivity contribution in [1.82, 2.24) is 5.32 Å². The third-order valence-corrected chi connectivity index (χ3v) is 5.09. The van der Waals surface area contributed by atoms with E-state index in [1.807, 2.05) is 19.1 Å². The number of hydrogen-bond donors (Lipinski definition) is 1. The largest absolute Gasteiger partial charge is 0.481 e. The Morgan fingerprint density at radius 1 is 1.12 bits per heavy atom. The maximum Gasteiger partial charge on any atom is 0.260 e. The van der Waals surface area contributed by atoms with Crippen LogP contribution in [0.5, 0.6) is 5.75 Å². The molecule has 1 atom stereocenters. The first-order chi connectivity index (χ1) is 12.6. The fraction of sp³-hybridized carbons (Fsp3) is 0.435. The number of nitrogens with one attached hydrogen (secondary N) is 1. The Labute approximate surface area is 156 Å². The lowest BCUT2D eigenvalue weighted by atomic mass is 9.91. The van der Waals surface area contributed by atoms with Crippen LogP contribution in [0.4, 0.5) is 0 Å². The molecule has 0 radical (unpaired) electrons. The van der Waals surface area contributed by atoms with Gasteiger partial charge in [0.15, 0.2) is 6.10 Å². The molecule has 0 saturated carbocycles. The third-order valence-electron chi connectivity index (χ3n) is 5.09. The van der Waals surface area contributed by atoms with Gasteiger partial charge in [-0.25, -0.2) is 0 Å². The minimum absolute atomic E-state index is 0.0395. The molecule has 3 rings (SSSR count). The Kier molecular flexibility index (Phi) is 6.32. The van der Waals surface area contributed by atoms with Crippen LogP contribution in [0.15, 0.2) is 42.5 Å². The van der Waals surface area contributed by atoms with Crippen molar-refractivity contribution in [3.63, 3.8) is 0 Å². The second-order valence-corrected chi connectivity index (χ2v) is 7.24. The molecular weight excluding hydrogens is 322 g/mol. The van der Waals surface area contributed by atoms with E-state index in [9.17, 15) is 4.79 Å². The van der Waals surface area contributed by atoms with Crippen LogP contribution >= 0.6 is 0 Å². The molecule has 138 valence electrons. The summed E-state index contributed by atoms with van der Waals surface area (Å²) < 4.78 is 5.99. The standard InChI is InChI=1S/C23H29NO2/c1-17-12-14-19(15-13-17)7-6-16-24-23(25)18(2)26-22-11-5-9-20-8-3-4-10-21(20)22/h5,9,11-15,18H,3-4,6-8,10,16H2,1-2H3,(H,24,25). The normalized spacial score (nSPS) is 14.4. The molecule has 3 heteroatoms. The van der Waals surface area contributed by atoms with Gasteiger partial charge in [-0.15, -0.1) is 0 Å². The van der Waals surface area contributed by atoms with E-state index >= 15 is 0 Å². The fourth-order valence-electron chi connectivity index (χ4n) is 3.50. The highest BCUT2D eigenvalue weighted by Gasteiger charge is 2.19. The highest BCUT2D eigenvalue weighted by Crippen LogP contribution is 2.30. The zero-order valence-corrected chi connectivity index (χ0v) is 15.9. The van der Waals surface area contributed by atoms with E-state index < -0.39 is 6.10 Å². The summed E-state index contributed by atoms with van der Waals surface area (Å²) in [6, 6.07) is 14.8. The molecule has 0 fully saturated rings. The van der Waals surface area contributed by atoms with Gasteiger partial charge in [0.2, 0.25) is 0 Å². The van der Waals surface area contributed by atoms with Gasteiger partial charge in [0.1, 0.15) is 5.75 Å². The highest BCUT2D eigenvalue weighted by molar-refractivity contribution is 5.80. The van der Waals surface area contributed by atoms with Crippen LogP contribution in [0, 0.1) is 6.92 Å². The SMILES string of the molecule is Cc1ccc(CCCNC(=O)C(C)Oc2cccc3c2CCCC3)cc1. The molecule has 1 amide bonds. The van der Waals surface area contributed by atoms with Crippen LogP contribution in [0.2, 0.25) is 0 Å². The van der Waals surface area contributed by atoms with Crippen molar-refractivity contribution < 1.29 is 9.53 Å². The maximum atomic E-state index is 12.3. The van der Waals surface area contributed by atoms with E-state index in [1.54, 1.807) is 0 Å². The number of benzene rings is 2. The molecule has 1 N–H and O–H groups in total. The molecule has 0 aromatic heterocycles. The van der Waals surface area contributed by atoms with Crippen molar-refractivity contribution in [3.05, 3.63) is 64.7 Å². The molecule has 0 saturated heterocycles. The molecule has 0 spiro atoms. The number of carbonyl (C=O) groups is 1. The lowest BCUT2D eigenvalue weighted by Gasteiger charge is -2.22. The molecule has 1 aliphatic carbocycles. The predicted molar refractivity (Wildman–Crippen MR) is 106 cm³/mol. The van der Waals surface area contributed by atoms with E-state index in [0.717, 1.165) is 31.4 Å². The Morgan fingerprint density at radius 2 is 1.88 bits per heavy atom. The number of rotatable bonds is 7. The second kappa shape index (κ2) is 8.88. The Morgan fingerprint density at radius 3 is 2.69 bits per heavy atom. The van der Waals surface area contributed by atoms with E-state index in [4.69, 9.17) is 4.74 Å². The molecule has 0 bridgehead atoms. The molecule has 26 heavy (non-hydrogen) atoms. The first-order valence-corrected chi connectivity index (χ1v) is 9.74. The third kappa shape index (κ3) is 4.87. The summed E-state index contributed by atoms with van der Waals surface area (Å²) >= 11 is 0. The minimum Gasteiger partial charge on any atom is -0.481 e. The quantitative estimate of drug-likeness (QED) is 0.751. The first kappa shape index (κ1) is 18.5. The zero-order valence-electron chi connectivity index (χ0n) is 15.9. The Balaban J connectivity index is 1.45. The number of aryl methyl sites for hydroxylation is 3. The molecule has 0 aliphatic heterocycles. The monoisotopic (exact) mass is 351 g/mol.